The maximum absolute atomic E-state index is 12.1. The monoisotopic (exact) mass is 382 g/mol. The van der Waals surface area contributed by atoms with Crippen molar-refractivity contribution in [2.45, 2.75) is 71.3 Å². The molecule has 1 aromatic heterocycles. The molecular formula is C18H26N2O7. The number of rotatable bonds is 8. The van der Waals surface area contributed by atoms with Crippen LogP contribution in [0.15, 0.2) is 15.8 Å². The number of carbonyl (C=O) groups is 2. The van der Waals surface area contributed by atoms with E-state index in [1.807, 2.05) is 13.8 Å². The molecule has 0 bridgehead atoms. The molecule has 2 rings (SSSR count). The number of H-pyrrole nitrogens is 1. The van der Waals surface area contributed by atoms with Gasteiger partial charge in [0.1, 0.15) is 25.0 Å². The molecule has 27 heavy (non-hydrogen) atoms. The summed E-state index contributed by atoms with van der Waals surface area (Å²) in [6.07, 6.45) is 1.41. The summed E-state index contributed by atoms with van der Waals surface area (Å²) in [5, 5.41) is 0. The van der Waals surface area contributed by atoms with Gasteiger partial charge >= 0.3 is 17.6 Å². The molecule has 1 aliphatic heterocycles. The van der Waals surface area contributed by atoms with Crippen LogP contribution in [0.2, 0.25) is 0 Å². The predicted molar refractivity (Wildman–Crippen MR) is 95.2 cm³/mol. The quantitative estimate of drug-likeness (QED) is 0.671. The molecule has 9 heteroatoms. The van der Waals surface area contributed by atoms with Crippen LogP contribution in [0.1, 0.15) is 57.7 Å². The van der Waals surface area contributed by atoms with Gasteiger partial charge in [0.15, 0.2) is 0 Å². The average molecular weight is 382 g/mol. The van der Waals surface area contributed by atoms with Crippen molar-refractivity contribution in [2.75, 3.05) is 6.61 Å². The third-order valence-corrected chi connectivity index (χ3v) is 4.24. The number of ether oxygens (including phenoxy) is 3. The maximum Gasteiger partial charge on any atom is 0.330 e. The Morgan fingerprint density at radius 3 is 2.56 bits per heavy atom. The molecule has 0 radical (unpaired) electrons. The molecule has 3 unspecified atom stereocenters. The first kappa shape index (κ1) is 20.9. The average Bonchev–Trinajstić information content (AvgIpc) is 2.99. The lowest BCUT2D eigenvalue weighted by Gasteiger charge is -2.18. The first-order chi connectivity index (χ1) is 12.8. The second-order valence-corrected chi connectivity index (χ2v) is 6.55. The van der Waals surface area contributed by atoms with Crippen molar-refractivity contribution >= 4 is 11.9 Å². The van der Waals surface area contributed by atoms with Crippen LogP contribution >= 0.6 is 0 Å². The van der Waals surface area contributed by atoms with E-state index in [2.05, 4.69) is 4.98 Å². The molecule has 2 heterocycles. The highest BCUT2D eigenvalue weighted by molar-refractivity contribution is 5.70. The minimum atomic E-state index is -0.734. The molecule has 0 aliphatic carbocycles. The second kappa shape index (κ2) is 9.50. The smallest absolute Gasteiger partial charge is 0.330 e. The van der Waals surface area contributed by atoms with Gasteiger partial charge in [0.05, 0.1) is 0 Å². The van der Waals surface area contributed by atoms with Gasteiger partial charge in [0.2, 0.25) is 0 Å². The molecular weight excluding hydrogens is 356 g/mol. The number of aryl methyl sites for hydroxylation is 1. The van der Waals surface area contributed by atoms with Gasteiger partial charge in [0.25, 0.3) is 5.56 Å². The Kier molecular flexibility index (Phi) is 7.35. The topological polar surface area (TPSA) is 117 Å². The number of carbonyl (C=O) groups excluding carboxylic acids is 2. The van der Waals surface area contributed by atoms with E-state index in [0.29, 0.717) is 18.4 Å². The lowest BCUT2D eigenvalue weighted by molar-refractivity contribution is -0.158. The summed E-state index contributed by atoms with van der Waals surface area (Å²) in [7, 11) is 0. The number of hydrogen-bond donors (Lipinski definition) is 1. The third-order valence-electron chi connectivity index (χ3n) is 4.24. The van der Waals surface area contributed by atoms with Crippen LogP contribution in [-0.4, -0.2) is 40.3 Å². The van der Waals surface area contributed by atoms with Crippen LogP contribution < -0.4 is 11.2 Å². The number of aromatic nitrogens is 2. The lowest BCUT2D eigenvalue weighted by Crippen LogP contribution is -2.33. The van der Waals surface area contributed by atoms with Crippen LogP contribution in [0.3, 0.4) is 0 Å². The van der Waals surface area contributed by atoms with E-state index < -0.39 is 29.7 Å². The van der Waals surface area contributed by atoms with E-state index >= 15 is 0 Å². The summed E-state index contributed by atoms with van der Waals surface area (Å²) >= 11 is 0. The molecule has 1 saturated heterocycles. The Balaban J connectivity index is 2.16. The highest BCUT2D eigenvalue weighted by atomic mass is 16.6. The standard InChI is InChI=1S/C18H26N2O7/c1-4-6-15(21)25-10-13-12(27-16(22)7-5-2)8-14(26-13)20-9-11(3)17(23)19-18(20)24/h9,12-14H,4-8,10H2,1-3H3,(H,19,23,24). The zero-order chi connectivity index (χ0) is 20.0. The Bertz CT molecular complexity index is 783. The molecule has 9 nitrogen and oxygen atoms in total. The molecule has 0 aromatic carbocycles. The Hall–Kier alpha value is -2.42. The molecule has 1 aromatic rings. The zero-order valence-electron chi connectivity index (χ0n) is 15.9. The second-order valence-electron chi connectivity index (χ2n) is 6.55. The fraction of sp³-hybridized carbons (Fsp3) is 0.667. The highest BCUT2D eigenvalue weighted by Gasteiger charge is 2.40. The predicted octanol–water partition coefficient (Wildman–Crippen LogP) is 1.19. The van der Waals surface area contributed by atoms with Crippen molar-refractivity contribution in [2.24, 2.45) is 0 Å². The van der Waals surface area contributed by atoms with Gasteiger partial charge in [-0.1, -0.05) is 13.8 Å². The van der Waals surface area contributed by atoms with Crippen molar-refractivity contribution in [3.8, 4) is 0 Å². The van der Waals surface area contributed by atoms with Crippen LogP contribution in [0.5, 0.6) is 0 Å². The first-order valence-corrected chi connectivity index (χ1v) is 9.18. The summed E-state index contributed by atoms with van der Waals surface area (Å²) < 4.78 is 17.7. The fourth-order valence-electron chi connectivity index (χ4n) is 2.83. The van der Waals surface area contributed by atoms with Gasteiger partial charge < -0.3 is 14.2 Å². The van der Waals surface area contributed by atoms with Crippen molar-refractivity contribution in [1.82, 2.24) is 9.55 Å². The number of aromatic amines is 1. The van der Waals surface area contributed by atoms with E-state index in [-0.39, 0.29) is 37.8 Å². The largest absolute Gasteiger partial charge is 0.463 e. The van der Waals surface area contributed by atoms with Crippen molar-refractivity contribution in [3.05, 3.63) is 32.6 Å². The Morgan fingerprint density at radius 1 is 1.22 bits per heavy atom. The number of esters is 2. The Labute approximate surface area is 156 Å². The SMILES string of the molecule is CCCC(=O)OCC1OC(n2cc(C)c(=O)[nH]c2=O)CC1OC(=O)CCC. The molecule has 0 saturated carbocycles. The highest BCUT2D eigenvalue weighted by Crippen LogP contribution is 2.30. The minimum Gasteiger partial charge on any atom is -0.463 e. The fourth-order valence-corrected chi connectivity index (χ4v) is 2.83. The van der Waals surface area contributed by atoms with E-state index in [1.54, 1.807) is 6.92 Å². The third kappa shape index (κ3) is 5.53. The van der Waals surface area contributed by atoms with Gasteiger partial charge in [-0.05, 0) is 19.8 Å². The van der Waals surface area contributed by atoms with E-state index in [1.165, 1.54) is 10.8 Å². The van der Waals surface area contributed by atoms with Crippen LogP contribution in [0, 0.1) is 6.92 Å². The van der Waals surface area contributed by atoms with Crippen LogP contribution in [-0.2, 0) is 23.8 Å². The molecule has 1 fully saturated rings. The van der Waals surface area contributed by atoms with Crippen molar-refractivity contribution in [1.29, 1.82) is 0 Å². The molecule has 1 aliphatic rings. The molecule has 1 N–H and O–H groups in total. The summed E-state index contributed by atoms with van der Waals surface area (Å²) in [5.41, 5.74) is -0.723. The van der Waals surface area contributed by atoms with Crippen molar-refractivity contribution < 1.29 is 23.8 Å². The normalized spacial score (nSPS) is 21.8. The van der Waals surface area contributed by atoms with Gasteiger partial charge in [-0.25, -0.2) is 4.79 Å². The van der Waals surface area contributed by atoms with Gasteiger partial charge in [0, 0.05) is 31.0 Å². The van der Waals surface area contributed by atoms with Crippen LogP contribution in [0.25, 0.3) is 0 Å². The van der Waals surface area contributed by atoms with E-state index in [0.717, 1.165) is 0 Å². The first-order valence-electron chi connectivity index (χ1n) is 9.18. The van der Waals surface area contributed by atoms with E-state index in [9.17, 15) is 19.2 Å². The molecule has 0 spiro atoms. The zero-order valence-corrected chi connectivity index (χ0v) is 15.9. The summed E-state index contributed by atoms with van der Waals surface area (Å²) in [4.78, 5) is 49.4. The maximum atomic E-state index is 12.1. The minimum absolute atomic E-state index is 0.0729. The van der Waals surface area contributed by atoms with Gasteiger partial charge in [-0.2, -0.15) is 0 Å². The summed E-state index contributed by atoms with van der Waals surface area (Å²) in [6, 6.07) is 0. The Morgan fingerprint density at radius 2 is 1.89 bits per heavy atom. The lowest BCUT2D eigenvalue weighted by atomic mass is 10.2. The number of nitrogens with zero attached hydrogens (tertiary/aromatic N) is 1. The molecule has 150 valence electrons. The van der Waals surface area contributed by atoms with Gasteiger partial charge in [-0.15, -0.1) is 0 Å². The van der Waals surface area contributed by atoms with Gasteiger partial charge in [-0.3, -0.25) is 23.9 Å². The van der Waals surface area contributed by atoms with E-state index in [4.69, 9.17) is 14.2 Å². The molecule has 0 amide bonds. The summed E-state index contributed by atoms with van der Waals surface area (Å²) in [5.74, 6) is -0.734. The summed E-state index contributed by atoms with van der Waals surface area (Å²) in [6.45, 7) is 5.23. The van der Waals surface area contributed by atoms with Crippen molar-refractivity contribution in [3.63, 3.8) is 0 Å². The number of nitrogens with one attached hydrogen (secondary N) is 1. The van der Waals surface area contributed by atoms with Crippen LogP contribution in [0.4, 0.5) is 0 Å². The number of hydrogen-bond acceptors (Lipinski definition) is 7. The molecule has 3 atom stereocenters.